The maximum absolute atomic E-state index is 9.21. The van der Waals surface area contributed by atoms with Crippen molar-refractivity contribution in [1.82, 2.24) is 0 Å². The van der Waals surface area contributed by atoms with Gasteiger partial charge in [0.15, 0.2) is 5.69 Å². The van der Waals surface area contributed by atoms with E-state index in [2.05, 4.69) is 4.85 Å². The van der Waals surface area contributed by atoms with Gasteiger partial charge in [-0.15, -0.1) is 0 Å². The summed E-state index contributed by atoms with van der Waals surface area (Å²) in [6, 6.07) is 7.39. The highest BCUT2D eigenvalue weighted by Gasteiger charge is 2.25. The fourth-order valence-electron chi connectivity index (χ4n) is 3.95. The minimum absolute atomic E-state index is 0.117. The van der Waals surface area contributed by atoms with Crippen molar-refractivity contribution in [3.8, 4) is 11.3 Å². The fourth-order valence-corrected chi connectivity index (χ4v) is 3.95. The Morgan fingerprint density at radius 3 is 2.63 bits per heavy atom. The molecule has 0 aliphatic rings. The summed E-state index contributed by atoms with van der Waals surface area (Å²) < 4.78 is 59.3. The van der Waals surface area contributed by atoms with E-state index in [4.69, 9.17) is 17.8 Å². The molecule has 0 unspecified atom stereocenters. The molecule has 0 radical (unpaired) electrons. The van der Waals surface area contributed by atoms with E-state index >= 15 is 0 Å². The molecule has 0 fully saturated rings. The molecule has 152 valence electrons. The van der Waals surface area contributed by atoms with Gasteiger partial charge in [0, 0.05) is 36.2 Å². The molecular weight excluding hydrogens is 368 g/mol. The monoisotopic (exact) mass is 403 g/mol. The molecule has 0 atom stereocenters. The van der Waals surface area contributed by atoms with Gasteiger partial charge >= 0.3 is 0 Å². The van der Waals surface area contributed by atoms with Crippen LogP contribution in [0.4, 0.5) is 5.69 Å². The smallest absolute Gasteiger partial charge is 0.229 e. The van der Waals surface area contributed by atoms with Crippen molar-refractivity contribution < 1.29 is 17.2 Å². The Hall–Kier alpha value is -3.12. The standard InChI is InChI=1S/C27H29N2O/c1-15(2)11-20-14-24(29(8)19(6)18(20)5)25-17(4)9-10-21-22-12-16(3)13-23(28-7)26(22)30-27(21)25/h9-10,12-15H,11H2,1-6,8H3/q+1/i5D3,11D2,14D. The number of rotatable bonds is 3. The van der Waals surface area contributed by atoms with Gasteiger partial charge in [0.05, 0.1) is 13.5 Å². The highest BCUT2D eigenvalue weighted by atomic mass is 16.3. The first-order valence-corrected chi connectivity index (χ1v) is 10.0. The Kier molecular flexibility index (Phi) is 3.40. The molecule has 4 aromatic rings. The van der Waals surface area contributed by atoms with Crippen molar-refractivity contribution in [2.75, 3.05) is 0 Å². The van der Waals surface area contributed by atoms with Gasteiger partial charge in [-0.05, 0) is 50.2 Å². The zero-order valence-electron chi connectivity index (χ0n) is 24.2. The van der Waals surface area contributed by atoms with Crippen molar-refractivity contribution in [1.29, 1.82) is 0 Å². The van der Waals surface area contributed by atoms with Gasteiger partial charge in [0.1, 0.15) is 18.2 Å². The van der Waals surface area contributed by atoms with Crippen LogP contribution in [0.3, 0.4) is 0 Å². The van der Waals surface area contributed by atoms with Crippen molar-refractivity contribution in [2.24, 2.45) is 13.0 Å². The second-order valence-corrected chi connectivity index (χ2v) is 8.18. The van der Waals surface area contributed by atoms with Gasteiger partial charge in [-0.1, -0.05) is 37.6 Å². The lowest BCUT2D eigenvalue weighted by molar-refractivity contribution is -0.667. The molecule has 3 nitrogen and oxygen atoms in total. The first-order chi connectivity index (χ1) is 16.6. The normalized spacial score (nSPS) is 15.4. The summed E-state index contributed by atoms with van der Waals surface area (Å²) >= 11 is 0. The van der Waals surface area contributed by atoms with E-state index in [0.717, 1.165) is 21.9 Å². The van der Waals surface area contributed by atoms with Crippen molar-refractivity contribution >= 4 is 27.6 Å². The number of pyridine rings is 1. The van der Waals surface area contributed by atoms with E-state index in [-0.39, 0.29) is 17.2 Å². The summed E-state index contributed by atoms with van der Waals surface area (Å²) in [5.41, 5.74) is 4.15. The van der Waals surface area contributed by atoms with Crippen LogP contribution in [0.1, 0.15) is 50.0 Å². The van der Waals surface area contributed by atoms with Crippen LogP contribution >= 0.6 is 0 Å². The van der Waals surface area contributed by atoms with Crippen LogP contribution < -0.4 is 4.57 Å². The SMILES string of the molecule is [2H]c1c(C([2H])([2H])C(C)C)c(C([2H])([2H])[2H])c(C)[n+](C)c1-c1c(C)ccc2c1oc1c([N+]#[C-])cc(C)cc12. The fraction of sp³-hybridized carbons (Fsp3) is 0.333. The van der Waals surface area contributed by atoms with E-state index in [0.29, 0.717) is 33.8 Å². The Morgan fingerprint density at radius 1 is 1.20 bits per heavy atom. The highest BCUT2D eigenvalue weighted by molar-refractivity contribution is 6.13. The predicted molar refractivity (Wildman–Crippen MR) is 124 cm³/mol. The Morgan fingerprint density at radius 2 is 1.97 bits per heavy atom. The molecule has 2 aromatic carbocycles. The number of benzene rings is 2. The van der Waals surface area contributed by atoms with Crippen LogP contribution in [0.15, 0.2) is 34.7 Å². The van der Waals surface area contributed by atoms with Crippen LogP contribution in [0.25, 0.3) is 38.0 Å². The molecule has 30 heavy (non-hydrogen) atoms. The lowest BCUT2D eigenvalue weighted by Gasteiger charge is -2.14. The molecule has 0 spiro atoms. The van der Waals surface area contributed by atoms with Crippen molar-refractivity contribution in [3.63, 3.8) is 0 Å². The van der Waals surface area contributed by atoms with E-state index in [1.807, 2.05) is 32.0 Å². The van der Waals surface area contributed by atoms with Gasteiger partial charge in [-0.2, -0.15) is 4.57 Å². The van der Waals surface area contributed by atoms with E-state index < -0.39 is 19.1 Å². The van der Waals surface area contributed by atoms with Crippen LogP contribution in [0, 0.1) is 40.1 Å². The second kappa shape index (κ2) is 7.29. The van der Waals surface area contributed by atoms with Crippen LogP contribution in [0.5, 0.6) is 0 Å². The Bertz CT molecular complexity index is 1590. The van der Waals surface area contributed by atoms with Gasteiger partial charge in [-0.25, -0.2) is 4.85 Å². The quantitative estimate of drug-likeness (QED) is 0.265. The number of nitrogens with zero attached hydrogens (tertiary/aromatic N) is 2. The largest absolute Gasteiger partial charge is 0.466 e. The average molecular weight is 404 g/mol. The number of hydrogen-bond donors (Lipinski definition) is 0. The molecule has 0 aliphatic heterocycles. The summed E-state index contributed by atoms with van der Waals surface area (Å²) in [6.45, 7) is 13.8. The lowest BCUT2D eigenvalue weighted by atomic mass is 9.93. The van der Waals surface area contributed by atoms with Crippen LogP contribution in [-0.4, -0.2) is 0 Å². The second-order valence-electron chi connectivity index (χ2n) is 8.18. The molecule has 0 bridgehead atoms. The third-order valence-electron chi connectivity index (χ3n) is 5.56. The van der Waals surface area contributed by atoms with Gasteiger partial charge in [0.2, 0.25) is 11.4 Å². The zero-order valence-corrected chi connectivity index (χ0v) is 18.2. The molecule has 0 amide bonds. The molecule has 3 heteroatoms. The molecule has 4 rings (SSSR count). The van der Waals surface area contributed by atoms with Crippen LogP contribution in [-0.2, 0) is 13.4 Å². The minimum Gasteiger partial charge on any atom is -0.466 e. The minimum atomic E-state index is -2.60. The predicted octanol–water partition coefficient (Wildman–Crippen LogP) is 7.06. The van der Waals surface area contributed by atoms with Crippen molar-refractivity contribution in [3.05, 3.63) is 69.7 Å². The topological polar surface area (TPSA) is 21.4 Å². The Balaban J connectivity index is 2.25. The maximum atomic E-state index is 9.21. The van der Waals surface area contributed by atoms with Crippen molar-refractivity contribution in [2.45, 2.75) is 47.8 Å². The van der Waals surface area contributed by atoms with Crippen LogP contribution in [0.2, 0.25) is 0 Å². The maximum Gasteiger partial charge on any atom is 0.229 e. The summed E-state index contributed by atoms with van der Waals surface area (Å²) in [5.74, 6) is -0.560. The van der Waals surface area contributed by atoms with E-state index in [9.17, 15) is 1.37 Å². The molecule has 2 heterocycles. The number of aromatic nitrogens is 1. The molecule has 0 saturated heterocycles. The summed E-state index contributed by atoms with van der Waals surface area (Å²) in [7, 11) is 1.70. The summed E-state index contributed by atoms with van der Waals surface area (Å²) in [4.78, 5) is 3.64. The van der Waals surface area contributed by atoms with E-state index in [1.165, 1.54) is 0 Å². The van der Waals surface area contributed by atoms with Gasteiger partial charge in [-0.3, -0.25) is 0 Å². The lowest BCUT2D eigenvalue weighted by Crippen LogP contribution is -2.36. The first kappa shape index (κ1) is 14.0. The molecule has 0 N–H and O–H groups in total. The third-order valence-corrected chi connectivity index (χ3v) is 5.56. The number of hydrogen-bond acceptors (Lipinski definition) is 1. The highest BCUT2D eigenvalue weighted by Crippen LogP contribution is 2.41. The number of aryl methyl sites for hydroxylation is 2. The van der Waals surface area contributed by atoms with E-state index in [1.54, 1.807) is 38.5 Å². The zero-order chi connectivity index (χ0) is 26.9. The average Bonchev–Trinajstić information content (AvgIpc) is 3.14. The molecule has 0 aliphatic carbocycles. The van der Waals surface area contributed by atoms with Gasteiger partial charge in [0.25, 0.3) is 0 Å². The number of fused-ring (bicyclic) bond motifs is 3. The molecule has 0 saturated carbocycles. The Labute approximate surface area is 187 Å². The first-order valence-electron chi connectivity index (χ1n) is 13.0. The molecular formula is C27H29N2O+. The molecule has 2 aromatic heterocycles. The summed E-state index contributed by atoms with van der Waals surface area (Å²) in [5, 5.41) is 1.57. The number of furan rings is 1. The van der Waals surface area contributed by atoms with Gasteiger partial charge < -0.3 is 4.42 Å². The third kappa shape index (κ3) is 3.08. The summed E-state index contributed by atoms with van der Waals surface area (Å²) in [6.07, 6.45) is -2.06.